The third-order valence-electron chi connectivity index (χ3n) is 7.86. The van der Waals surface area contributed by atoms with Gasteiger partial charge in [-0.05, 0) is 99.4 Å². The van der Waals surface area contributed by atoms with Crippen LogP contribution in [0.15, 0.2) is 34.9 Å². The molecule has 1 saturated heterocycles. The summed E-state index contributed by atoms with van der Waals surface area (Å²) in [4.78, 5) is 39.1. The molecule has 9 nitrogen and oxygen atoms in total. The maximum Gasteiger partial charge on any atom is 0.253 e. The molecular weight excluding hydrogens is 546 g/mol. The Hall–Kier alpha value is -2.72. The minimum atomic E-state index is -0.0833. The lowest BCUT2D eigenvalue weighted by atomic mass is 10.0. The number of carbonyl (C=O) groups is 2. The maximum atomic E-state index is 13.0. The summed E-state index contributed by atoms with van der Waals surface area (Å²) in [5.41, 5.74) is 1.46. The second-order valence-corrected chi connectivity index (χ2v) is 11.5. The van der Waals surface area contributed by atoms with Gasteiger partial charge in [-0.3, -0.25) is 9.59 Å². The summed E-state index contributed by atoms with van der Waals surface area (Å²) in [6.45, 7) is 6.14. The number of anilines is 3. The van der Waals surface area contributed by atoms with Gasteiger partial charge in [0, 0.05) is 42.6 Å². The number of hydrogen-bond donors (Lipinski definition) is 3. The van der Waals surface area contributed by atoms with Crippen molar-refractivity contribution in [2.45, 2.75) is 70.5 Å². The second-order valence-electron chi connectivity index (χ2n) is 10.6. The third kappa shape index (κ3) is 7.02. The highest BCUT2D eigenvalue weighted by Crippen LogP contribution is 2.31. The highest BCUT2D eigenvalue weighted by atomic mass is 79.9. The Morgan fingerprint density at radius 2 is 1.87 bits per heavy atom. The summed E-state index contributed by atoms with van der Waals surface area (Å²) in [7, 11) is 4.02. The molecule has 2 fully saturated rings. The van der Waals surface area contributed by atoms with Gasteiger partial charge >= 0.3 is 0 Å². The first-order chi connectivity index (χ1) is 18.2. The Bertz CT molecular complexity index is 1100. The van der Waals surface area contributed by atoms with E-state index in [4.69, 9.17) is 0 Å². The van der Waals surface area contributed by atoms with Gasteiger partial charge in [-0.15, -0.1) is 0 Å². The van der Waals surface area contributed by atoms with E-state index in [0.717, 1.165) is 61.8 Å². The lowest BCUT2D eigenvalue weighted by Crippen LogP contribution is -2.44. The number of amides is 2. The van der Waals surface area contributed by atoms with Crippen LogP contribution in [0.4, 0.5) is 17.5 Å². The van der Waals surface area contributed by atoms with Crippen LogP contribution in [0.2, 0.25) is 0 Å². The van der Waals surface area contributed by atoms with E-state index >= 15 is 0 Å². The van der Waals surface area contributed by atoms with E-state index in [-0.39, 0.29) is 35.9 Å². The zero-order valence-electron chi connectivity index (χ0n) is 22.8. The highest BCUT2D eigenvalue weighted by Gasteiger charge is 2.34. The Labute approximate surface area is 234 Å². The molecule has 1 aliphatic carbocycles. The number of benzene rings is 1. The zero-order valence-corrected chi connectivity index (χ0v) is 24.4. The van der Waals surface area contributed by atoms with E-state index in [1.165, 1.54) is 0 Å². The summed E-state index contributed by atoms with van der Waals surface area (Å²) in [5.74, 6) is 1.16. The van der Waals surface area contributed by atoms with E-state index in [1.54, 1.807) is 6.20 Å². The van der Waals surface area contributed by atoms with Crippen LogP contribution in [0.3, 0.4) is 0 Å². The maximum absolute atomic E-state index is 13.0. The van der Waals surface area contributed by atoms with Crippen molar-refractivity contribution in [3.8, 4) is 0 Å². The molecule has 0 spiro atoms. The number of likely N-dealkylation sites (tertiary alicyclic amines) is 1. The van der Waals surface area contributed by atoms with Gasteiger partial charge in [0.25, 0.3) is 5.91 Å². The molecule has 4 rings (SSSR count). The van der Waals surface area contributed by atoms with E-state index in [2.05, 4.69) is 60.7 Å². The van der Waals surface area contributed by atoms with Crippen LogP contribution >= 0.6 is 15.9 Å². The molecule has 1 aromatic heterocycles. The molecule has 0 radical (unpaired) electrons. The van der Waals surface area contributed by atoms with Crippen molar-refractivity contribution in [3.63, 3.8) is 0 Å². The van der Waals surface area contributed by atoms with Gasteiger partial charge in [-0.2, -0.15) is 4.98 Å². The molecule has 1 aliphatic heterocycles. The molecule has 38 heavy (non-hydrogen) atoms. The monoisotopic (exact) mass is 585 g/mol. The first kappa shape index (κ1) is 28.3. The molecule has 0 bridgehead atoms. The molecule has 206 valence electrons. The number of hydrogen-bond acceptors (Lipinski definition) is 7. The van der Waals surface area contributed by atoms with Crippen molar-refractivity contribution >= 4 is 45.2 Å². The van der Waals surface area contributed by atoms with Crippen LogP contribution in [-0.2, 0) is 4.79 Å². The molecule has 1 saturated carbocycles. The van der Waals surface area contributed by atoms with Crippen molar-refractivity contribution in [1.82, 2.24) is 25.1 Å². The quantitative estimate of drug-likeness (QED) is 0.394. The van der Waals surface area contributed by atoms with E-state index in [1.807, 2.05) is 43.1 Å². The van der Waals surface area contributed by atoms with Gasteiger partial charge in [0.2, 0.25) is 11.9 Å². The van der Waals surface area contributed by atoms with Gasteiger partial charge in [0.15, 0.2) is 0 Å². The molecule has 2 aromatic rings. The van der Waals surface area contributed by atoms with Crippen LogP contribution in [0, 0.1) is 5.92 Å². The summed E-state index contributed by atoms with van der Waals surface area (Å²) in [6.07, 6.45) is 7.40. The molecule has 10 heteroatoms. The fraction of sp³-hybridized carbons (Fsp3) is 0.571. The number of carbonyl (C=O) groups excluding carboxylic acids is 2. The van der Waals surface area contributed by atoms with Crippen LogP contribution in [0.5, 0.6) is 0 Å². The largest absolute Gasteiger partial charge is 0.365 e. The lowest BCUT2D eigenvalue weighted by molar-refractivity contribution is -0.125. The molecule has 2 amide bonds. The molecule has 1 unspecified atom stereocenters. The number of halogens is 1. The topological polar surface area (TPSA) is 102 Å². The minimum absolute atomic E-state index is 0.0185. The number of nitrogens with zero attached hydrogens (tertiary/aromatic N) is 4. The van der Waals surface area contributed by atoms with Gasteiger partial charge in [0.1, 0.15) is 5.82 Å². The average Bonchev–Trinajstić information content (AvgIpc) is 3.39. The summed E-state index contributed by atoms with van der Waals surface area (Å²) < 4.78 is 0.744. The first-order valence-electron chi connectivity index (χ1n) is 13.7. The zero-order chi connectivity index (χ0) is 27.2. The molecule has 3 N–H and O–H groups in total. The predicted octanol–water partition coefficient (Wildman–Crippen LogP) is 4.64. The Morgan fingerprint density at radius 3 is 2.55 bits per heavy atom. The number of aromatic nitrogens is 2. The third-order valence-corrected chi connectivity index (χ3v) is 8.44. The predicted molar refractivity (Wildman–Crippen MR) is 155 cm³/mol. The van der Waals surface area contributed by atoms with Crippen molar-refractivity contribution in [1.29, 1.82) is 0 Å². The van der Waals surface area contributed by atoms with Crippen LogP contribution in [0.1, 0.15) is 62.7 Å². The number of piperidine rings is 1. The lowest BCUT2D eigenvalue weighted by Gasteiger charge is -2.35. The fourth-order valence-electron chi connectivity index (χ4n) is 5.18. The van der Waals surface area contributed by atoms with E-state index in [9.17, 15) is 9.59 Å². The fourth-order valence-corrected chi connectivity index (χ4v) is 5.49. The van der Waals surface area contributed by atoms with Crippen LogP contribution in [-0.4, -0.2) is 76.9 Å². The normalized spacial score (nSPS) is 21.1. The van der Waals surface area contributed by atoms with Crippen molar-refractivity contribution in [3.05, 3.63) is 40.5 Å². The molecular formula is C28H40BrN7O2. The Morgan fingerprint density at radius 1 is 1.16 bits per heavy atom. The van der Waals surface area contributed by atoms with Crippen LogP contribution in [0.25, 0.3) is 0 Å². The van der Waals surface area contributed by atoms with Gasteiger partial charge < -0.3 is 25.8 Å². The Balaban J connectivity index is 1.38. The summed E-state index contributed by atoms with van der Waals surface area (Å²) >= 11 is 3.55. The van der Waals surface area contributed by atoms with Gasteiger partial charge in [-0.1, -0.05) is 13.3 Å². The van der Waals surface area contributed by atoms with E-state index in [0.29, 0.717) is 17.3 Å². The second kappa shape index (κ2) is 12.9. The molecule has 3 atom stereocenters. The highest BCUT2D eigenvalue weighted by molar-refractivity contribution is 9.10. The van der Waals surface area contributed by atoms with Crippen molar-refractivity contribution in [2.24, 2.45) is 5.92 Å². The molecule has 2 aliphatic rings. The summed E-state index contributed by atoms with van der Waals surface area (Å²) in [6, 6.07) is 7.90. The first-order valence-corrected chi connectivity index (χ1v) is 14.5. The Kier molecular flexibility index (Phi) is 9.59. The summed E-state index contributed by atoms with van der Waals surface area (Å²) in [5, 5.41) is 9.83. The van der Waals surface area contributed by atoms with Gasteiger partial charge in [-0.25, -0.2) is 4.98 Å². The number of rotatable bonds is 9. The standard InChI is InChI=1S/C28H40BrN7O2/c1-5-18(2)31-26(37)22-7-6-8-24(22)33-25-23(29)17-30-28(34-25)32-20-11-9-19(10-12-20)27(38)36(4)21-13-15-35(3)16-14-21/h9-12,17-18,21-22,24H,5-8,13-16H2,1-4H3,(H,31,37)(H2,30,32,33,34)/t18?,22-,24+/m0/s1. The van der Waals surface area contributed by atoms with Gasteiger partial charge in [0.05, 0.1) is 10.4 Å². The van der Waals surface area contributed by atoms with Crippen LogP contribution < -0.4 is 16.0 Å². The van der Waals surface area contributed by atoms with E-state index < -0.39 is 0 Å². The molecule has 1 aromatic carbocycles. The smallest absolute Gasteiger partial charge is 0.253 e. The average molecular weight is 587 g/mol. The minimum Gasteiger partial charge on any atom is -0.365 e. The molecule has 2 heterocycles. The number of nitrogens with one attached hydrogen (secondary N) is 3. The SMILES string of the molecule is CCC(C)NC(=O)[C@H]1CCC[C@H]1Nc1nc(Nc2ccc(C(=O)N(C)C3CCN(C)CC3)cc2)ncc1Br. The van der Waals surface area contributed by atoms with Crippen molar-refractivity contribution in [2.75, 3.05) is 37.8 Å². The van der Waals surface area contributed by atoms with Crippen molar-refractivity contribution < 1.29 is 9.59 Å².